The molecule has 20 heavy (non-hydrogen) atoms. The van der Waals surface area contributed by atoms with E-state index in [1.54, 1.807) is 0 Å². The molecular formula is C16H20N4. The first kappa shape index (κ1) is 13.1. The summed E-state index contributed by atoms with van der Waals surface area (Å²) in [6.45, 7) is 6.28. The molecule has 1 fully saturated rings. The smallest absolute Gasteiger partial charge is 0.159 e. The zero-order chi connectivity index (χ0) is 13.8. The van der Waals surface area contributed by atoms with E-state index in [4.69, 9.17) is 4.98 Å². The Hall–Kier alpha value is -1.94. The normalized spacial score (nSPS) is 15.3. The zero-order valence-corrected chi connectivity index (χ0v) is 11.8. The number of anilines is 1. The Balaban J connectivity index is 1.93. The highest BCUT2D eigenvalue weighted by molar-refractivity contribution is 5.58. The molecule has 0 amide bonds. The molecule has 1 aliphatic rings. The Morgan fingerprint density at radius 3 is 2.60 bits per heavy atom. The van der Waals surface area contributed by atoms with E-state index in [0.717, 1.165) is 49.7 Å². The molecule has 2 aromatic rings. The monoisotopic (exact) mass is 268 g/mol. The molecule has 0 spiro atoms. The minimum Gasteiger partial charge on any atom is -0.366 e. The lowest BCUT2D eigenvalue weighted by Crippen LogP contribution is -2.44. The van der Waals surface area contributed by atoms with Crippen LogP contribution in [0.2, 0.25) is 0 Å². The molecule has 0 saturated carbocycles. The quantitative estimate of drug-likeness (QED) is 0.925. The molecule has 3 rings (SSSR count). The number of nitrogens with zero attached hydrogens (tertiary/aromatic N) is 3. The molecule has 104 valence electrons. The fourth-order valence-electron chi connectivity index (χ4n) is 2.57. The molecule has 1 aromatic carbocycles. The van der Waals surface area contributed by atoms with Crippen molar-refractivity contribution in [2.45, 2.75) is 13.3 Å². The van der Waals surface area contributed by atoms with Crippen molar-refractivity contribution in [2.75, 3.05) is 31.1 Å². The fraction of sp³-hybridized carbons (Fsp3) is 0.375. The Morgan fingerprint density at radius 1 is 1.15 bits per heavy atom. The van der Waals surface area contributed by atoms with E-state index in [1.165, 1.54) is 5.69 Å². The van der Waals surface area contributed by atoms with Crippen LogP contribution >= 0.6 is 0 Å². The highest BCUT2D eigenvalue weighted by atomic mass is 15.2. The van der Waals surface area contributed by atoms with Crippen LogP contribution in [-0.2, 0) is 6.42 Å². The maximum atomic E-state index is 4.76. The second-order valence-electron chi connectivity index (χ2n) is 4.98. The molecule has 2 heterocycles. The van der Waals surface area contributed by atoms with Crippen molar-refractivity contribution in [3.8, 4) is 11.4 Å². The molecule has 4 heteroatoms. The van der Waals surface area contributed by atoms with E-state index in [-0.39, 0.29) is 0 Å². The summed E-state index contributed by atoms with van der Waals surface area (Å²) in [7, 11) is 0. The Morgan fingerprint density at radius 2 is 1.90 bits per heavy atom. The second kappa shape index (κ2) is 6.01. The van der Waals surface area contributed by atoms with Gasteiger partial charge in [0.25, 0.3) is 0 Å². The number of aromatic nitrogens is 2. The van der Waals surface area contributed by atoms with Crippen LogP contribution in [0.5, 0.6) is 0 Å². The van der Waals surface area contributed by atoms with Crippen LogP contribution in [0.15, 0.2) is 36.5 Å². The number of piperazine rings is 1. The topological polar surface area (TPSA) is 41.1 Å². The van der Waals surface area contributed by atoms with Gasteiger partial charge in [0.15, 0.2) is 5.82 Å². The van der Waals surface area contributed by atoms with E-state index in [9.17, 15) is 0 Å². The predicted octanol–water partition coefficient (Wildman–Crippen LogP) is 2.12. The van der Waals surface area contributed by atoms with E-state index in [0.29, 0.717) is 0 Å². The molecule has 0 aliphatic carbocycles. The van der Waals surface area contributed by atoms with Gasteiger partial charge in [0.1, 0.15) is 0 Å². The number of nitrogens with one attached hydrogen (secondary N) is 1. The minimum atomic E-state index is 0.821. The van der Waals surface area contributed by atoms with Gasteiger partial charge in [0.2, 0.25) is 0 Å². The number of rotatable bonds is 3. The largest absolute Gasteiger partial charge is 0.366 e. The number of hydrogen-bond acceptors (Lipinski definition) is 4. The van der Waals surface area contributed by atoms with Gasteiger partial charge in [-0.1, -0.05) is 37.3 Å². The van der Waals surface area contributed by atoms with Crippen molar-refractivity contribution < 1.29 is 0 Å². The third kappa shape index (κ3) is 2.65. The van der Waals surface area contributed by atoms with Gasteiger partial charge in [-0.15, -0.1) is 0 Å². The first-order valence-electron chi connectivity index (χ1n) is 7.25. The van der Waals surface area contributed by atoms with Crippen molar-refractivity contribution in [1.82, 2.24) is 15.3 Å². The fourth-order valence-corrected chi connectivity index (χ4v) is 2.57. The van der Waals surface area contributed by atoms with Crippen LogP contribution in [0, 0.1) is 0 Å². The van der Waals surface area contributed by atoms with Crippen LogP contribution < -0.4 is 10.2 Å². The van der Waals surface area contributed by atoms with Gasteiger partial charge in [-0.05, 0) is 6.42 Å². The van der Waals surface area contributed by atoms with E-state index in [2.05, 4.69) is 34.3 Å². The Labute approximate surface area is 119 Å². The van der Waals surface area contributed by atoms with Gasteiger partial charge in [-0.25, -0.2) is 9.97 Å². The van der Waals surface area contributed by atoms with Crippen molar-refractivity contribution in [3.05, 3.63) is 42.2 Å². The molecule has 1 N–H and O–H groups in total. The number of hydrogen-bond donors (Lipinski definition) is 1. The first-order valence-corrected chi connectivity index (χ1v) is 7.25. The van der Waals surface area contributed by atoms with Gasteiger partial charge in [0.05, 0.1) is 17.6 Å². The van der Waals surface area contributed by atoms with E-state index < -0.39 is 0 Å². The second-order valence-corrected chi connectivity index (χ2v) is 4.98. The molecule has 0 bridgehead atoms. The van der Waals surface area contributed by atoms with Crippen LogP contribution in [0.4, 0.5) is 5.69 Å². The standard InChI is InChI=1S/C16H20N4/c1-2-14-15(20-10-8-17-9-11-20)12-18-16(19-14)13-6-4-3-5-7-13/h3-7,12,17H,2,8-11H2,1H3. The Bertz CT molecular complexity index is 562. The summed E-state index contributed by atoms with van der Waals surface area (Å²) in [5, 5.41) is 3.38. The van der Waals surface area contributed by atoms with E-state index in [1.807, 2.05) is 24.4 Å². The highest BCUT2D eigenvalue weighted by Gasteiger charge is 2.15. The summed E-state index contributed by atoms with van der Waals surface area (Å²) in [6.07, 6.45) is 2.92. The molecular weight excluding hydrogens is 248 g/mol. The summed E-state index contributed by atoms with van der Waals surface area (Å²) < 4.78 is 0. The lowest BCUT2D eigenvalue weighted by atomic mass is 10.2. The summed E-state index contributed by atoms with van der Waals surface area (Å²) in [5.41, 5.74) is 3.41. The maximum absolute atomic E-state index is 4.76. The van der Waals surface area contributed by atoms with Gasteiger partial charge < -0.3 is 10.2 Å². The van der Waals surface area contributed by atoms with Crippen molar-refractivity contribution in [2.24, 2.45) is 0 Å². The van der Waals surface area contributed by atoms with Crippen LogP contribution in [0.1, 0.15) is 12.6 Å². The van der Waals surface area contributed by atoms with Crippen molar-refractivity contribution in [3.63, 3.8) is 0 Å². The SMILES string of the molecule is CCc1nc(-c2ccccc2)ncc1N1CCNCC1. The summed E-state index contributed by atoms with van der Waals surface area (Å²) >= 11 is 0. The van der Waals surface area contributed by atoms with Gasteiger partial charge >= 0.3 is 0 Å². The maximum Gasteiger partial charge on any atom is 0.159 e. The molecule has 0 atom stereocenters. The molecule has 1 saturated heterocycles. The van der Waals surface area contributed by atoms with Crippen LogP contribution in [0.3, 0.4) is 0 Å². The highest BCUT2D eigenvalue weighted by Crippen LogP contribution is 2.22. The average molecular weight is 268 g/mol. The summed E-state index contributed by atoms with van der Waals surface area (Å²) in [6, 6.07) is 10.2. The number of benzene rings is 1. The molecule has 0 radical (unpaired) electrons. The zero-order valence-electron chi connectivity index (χ0n) is 11.8. The van der Waals surface area contributed by atoms with E-state index >= 15 is 0 Å². The number of aryl methyl sites for hydroxylation is 1. The lowest BCUT2D eigenvalue weighted by Gasteiger charge is -2.30. The summed E-state index contributed by atoms with van der Waals surface area (Å²) in [5.74, 6) is 0.821. The average Bonchev–Trinajstić information content (AvgIpc) is 2.56. The minimum absolute atomic E-state index is 0.821. The third-order valence-corrected chi connectivity index (χ3v) is 3.67. The third-order valence-electron chi connectivity index (χ3n) is 3.67. The van der Waals surface area contributed by atoms with Gasteiger partial charge in [-0.2, -0.15) is 0 Å². The van der Waals surface area contributed by atoms with Crippen LogP contribution in [0.25, 0.3) is 11.4 Å². The van der Waals surface area contributed by atoms with Crippen LogP contribution in [-0.4, -0.2) is 36.1 Å². The Kier molecular flexibility index (Phi) is 3.92. The summed E-state index contributed by atoms with van der Waals surface area (Å²) in [4.78, 5) is 11.7. The van der Waals surface area contributed by atoms with Gasteiger partial charge in [-0.3, -0.25) is 0 Å². The molecule has 1 aliphatic heterocycles. The first-order chi connectivity index (χ1) is 9.88. The molecule has 0 unspecified atom stereocenters. The lowest BCUT2D eigenvalue weighted by molar-refractivity contribution is 0.586. The molecule has 4 nitrogen and oxygen atoms in total. The van der Waals surface area contributed by atoms with Crippen molar-refractivity contribution >= 4 is 5.69 Å². The molecule has 1 aromatic heterocycles. The predicted molar refractivity (Wildman–Crippen MR) is 81.9 cm³/mol. The van der Waals surface area contributed by atoms with Crippen molar-refractivity contribution in [1.29, 1.82) is 0 Å². The van der Waals surface area contributed by atoms with Gasteiger partial charge in [0, 0.05) is 31.7 Å².